The van der Waals surface area contributed by atoms with E-state index in [1.807, 2.05) is 22.7 Å². The van der Waals surface area contributed by atoms with Crippen molar-refractivity contribution in [2.24, 2.45) is 0 Å². The SMILES string of the molecule is C1=CC(N(c2ccc(-c3cccc4sc5c(-c6ccc(-c7ccc(N(c8ccc(-c9ccc%10sc%11ccccc%11c%10c9)cc8)c8cc(-c9ccccc9)cc(-c9ccccc9)c8)cc7)c(-n7c8ccccc8c8ccccc87)c6)cccc5c34)cc2)c2cc(-c3ccccc3)cc(-c3ccccc3)c2)CC=C1c1ccccc1-n1c2ccccc2c2ccccc21. The van der Waals surface area contributed by atoms with E-state index in [9.17, 15) is 0 Å². The Morgan fingerprint density at radius 3 is 1.20 bits per heavy atom. The van der Waals surface area contributed by atoms with Crippen LogP contribution in [0.3, 0.4) is 0 Å². The lowest BCUT2D eigenvalue weighted by atomic mass is 9.93. The molecule has 126 heavy (non-hydrogen) atoms. The molecule has 6 heteroatoms. The van der Waals surface area contributed by atoms with Gasteiger partial charge in [0.2, 0.25) is 0 Å². The second-order valence-corrected chi connectivity index (χ2v) is 35.1. The molecule has 4 heterocycles. The highest BCUT2D eigenvalue weighted by molar-refractivity contribution is 7.26. The summed E-state index contributed by atoms with van der Waals surface area (Å²) in [4.78, 5) is 5.01. The number of thiophene rings is 2. The van der Waals surface area contributed by atoms with Crippen LogP contribution >= 0.6 is 22.7 Å². The molecule has 0 amide bonds. The van der Waals surface area contributed by atoms with Gasteiger partial charge >= 0.3 is 0 Å². The van der Waals surface area contributed by atoms with Crippen molar-refractivity contribution >= 4 is 141 Å². The van der Waals surface area contributed by atoms with Crippen molar-refractivity contribution in [1.82, 2.24) is 9.13 Å². The molecule has 0 radical (unpaired) electrons. The van der Waals surface area contributed by atoms with Crippen molar-refractivity contribution in [2.75, 3.05) is 9.80 Å². The number of fused-ring (bicyclic) bond motifs is 12. The number of hydrogen-bond donors (Lipinski definition) is 0. The predicted molar refractivity (Wildman–Crippen MR) is 540 cm³/mol. The first-order chi connectivity index (χ1) is 62.5. The van der Waals surface area contributed by atoms with E-state index < -0.39 is 0 Å². The maximum absolute atomic E-state index is 2.57. The van der Waals surface area contributed by atoms with Crippen LogP contribution < -0.4 is 9.80 Å². The number of rotatable bonds is 17. The molecule has 4 aromatic heterocycles. The molecule has 0 N–H and O–H groups in total. The predicted octanol–water partition coefficient (Wildman–Crippen LogP) is 34.0. The van der Waals surface area contributed by atoms with Crippen LogP contribution in [0.4, 0.5) is 28.4 Å². The molecule has 1 aliphatic rings. The van der Waals surface area contributed by atoms with Gasteiger partial charge in [0.1, 0.15) is 0 Å². The van der Waals surface area contributed by atoms with Crippen LogP contribution in [-0.4, -0.2) is 15.2 Å². The zero-order valence-corrected chi connectivity index (χ0v) is 70.5. The molecular weight excluding hydrogens is 1560 g/mol. The van der Waals surface area contributed by atoms with E-state index in [-0.39, 0.29) is 6.04 Å². The third-order valence-corrected chi connectivity index (χ3v) is 28.0. The first kappa shape index (κ1) is 74.2. The van der Waals surface area contributed by atoms with Gasteiger partial charge in [-0.15, -0.1) is 22.7 Å². The molecule has 0 saturated heterocycles. The van der Waals surface area contributed by atoms with Gasteiger partial charge in [-0.1, -0.05) is 334 Å². The van der Waals surface area contributed by atoms with Gasteiger partial charge in [-0.2, -0.15) is 0 Å². The summed E-state index contributed by atoms with van der Waals surface area (Å²) in [5, 5.41) is 10.0. The molecule has 24 rings (SSSR count). The Hall–Kier alpha value is -15.7. The maximum Gasteiger partial charge on any atom is 0.0560 e. The van der Waals surface area contributed by atoms with Gasteiger partial charge in [-0.05, 0) is 229 Å². The van der Waals surface area contributed by atoms with Gasteiger partial charge in [0.25, 0.3) is 0 Å². The minimum absolute atomic E-state index is 0.0151. The van der Waals surface area contributed by atoms with Gasteiger partial charge in [-0.3, -0.25) is 0 Å². The third-order valence-electron chi connectivity index (χ3n) is 25.6. The number of benzene rings is 19. The summed E-state index contributed by atoms with van der Waals surface area (Å²) in [6.07, 6.45) is 8.06. The molecule has 4 nitrogen and oxygen atoms in total. The molecule has 1 aliphatic carbocycles. The molecule has 23 aromatic rings. The van der Waals surface area contributed by atoms with E-state index in [4.69, 9.17) is 0 Å². The summed E-state index contributed by atoms with van der Waals surface area (Å²) in [7, 11) is 0. The zero-order chi connectivity index (χ0) is 83.1. The third kappa shape index (κ3) is 13.1. The Kier molecular flexibility index (Phi) is 18.4. The zero-order valence-electron chi connectivity index (χ0n) is 68.8. The Labute approximate surface area is 739 Å². The first-order valence-corrected chi connectivity index (χ1v) is 45.0. The van der Waals surface area contributed by atoms with Crippen molar-refractivity contribution in [2.45, 2.75) is 12.5 Å². The lowest BCUT2D eigenvalue weighted by Crippen LogP contribution is -2.30. The van der Waals surface area contributed by atoms with E-state index in [1.54, 1.807) is 0 Å². The van der Waals surface area contributed by atoms with E-state index in [0.29, 0.717) is 0 Å². The largest absolute Gasteiger partial charge is 0.334 e. The van der Waals surface area contributed by atoms with Crippen molar-refractivity contribution < 1.29 is 0 Å². The molecule has 19 aromatic carbocycles. The van der Waals surface area contributed by atoms with Crippen LogP contribution in [0, 0.1) is 0 Å². The normalized spacial score (nSPS) is 12.8. The van der Waals surface area contributed by atoms with Crippen LogP contribution in [0.5, 0.6) is 0 Å². The van der Waals surface area contributed by atoms with Crippen molar-refractivity contribution in [3.63, 3.8) is 0 Å². The number of hydrogen-bond acceptors (Lipinski definition) is 4. The van der Waals surface area contributed by atoms with Crippen molar-refractivity contribution in [1.29, 1.82) is 0 Å². The number of anilines is 5. The maximum atomic E-state index is 2.57. The summed E-state index contributed by atoms with van der Waals surface area (Å²) in [5.74, 6) is 0. The molecule has 0 aliphatic heterocycles. The molecule has 0 fully saturated rings. The minimum Gasteiger partial charge on any atom is -0.334 e. The Morgan fingerprint density at radius 2 is 0.643 bits per heavy atom. The van der Waals surface area contributed by atoms with Crippen molar-refractivity contribution in [3.05, 3.63) is 473 Å². The first-order valence-electron chi connectivity index (χ1n) is 43.3. The molecule has 0 spiro atoms. The monoisotopic (exact) mass is 1640 g/mol. The molecular formula is C120H80N4S2. The quantitative estimate of drug-likeness (QED) is 0.0903. The number of aromatic nitrogens is 2. The Bertz CT molecular complexity index is 8000. The fourth-order valence-corrected chi connectivity index (χ4v) is 22.0. The average Bonchev–Trinajstić information content (AvgIpc) is 1.60. The van der Waals surface area contributed by atoms with E-state index in [0.717, 1.165) is 90.5 Å². The van der Waals surface area contributed by atoms with E-state index >= 15 is 0 Å². The molecule has 1 unspecified atom stereocenters. The smallest absolute Gasteiger partial charge is 0.0560 e. The summed E-state index contributed by atoms with van der Waals surface area (Å²) in [6, 6.07) is 166. The van der Waals surface area contributed by atoms with E-state index in [1.165, 1.54) is 140 Å². The fourth-order valence-electron chi connectivity index (χ4n) is 19.7. The standard InChI is InChI=1S/C120H80N4S2/c1-5-27-79(28-6-1)89-71-90(80-29-7-2-8-30-80)74-97(73-89)121(93-61-51-83(52-62-93)87-60-70-117-109(77-87)107-40-18-24-49-116(107)125-117)95-65-55-85(56-66-95)100-69-59-88(78-115(100)124-113-47-22-16-38-105(113)106-39-17-23-48-114(106)124)102-42-25-43-108-119-101(41-26-50-118(119)126-120(102)108)86-57-67-96(68-58-86)122(98-75-91(81-31-9-3-10-32-81)72-92(76-98)82-33-11-4-12-34-82)94-63-53-84(54-64-94)99-35-13-19-44-110(99)123-111-45-20-14-36-103(111)104-37-15-21-46-112(104)123/h1-63,65-78,94H,64H2. The topological polar surface area (TPSA) is 16.3 Å². The van der Waals surface area contributed by atoms with Gasteiger partial charge in [0, 0.05) is 101 Å². The van der Waals surface area contributed by atoms with E-state index in [2.05, 4.69) is 486 Å². The van der Waals surface area contributed by atoms with Crippen LogP contribution in [0.25, 0.3) is 190 Å². The second kappa shape index (κ2) is 31.3. The lowest BCUT2D eigenvalue weighted by Gasteiger charge is -2.34. The molecule has 0 bridgehead atoms. The summed E-state index contributed by atoms with van der Waals surface area (Å²) in [6.45, 7) is 0. The number of nitrogens with zero attached hydrogens (tertiary/aromatic N) is 4. The Morgan fingerprint density at radius 1 is 0.230 bits per heavy atom. The highest BCUT2D eigenvalue weighted by Crippen LogP contribution is 2.50. The van der Waals surface area contributed by atoms with Gasteiger partial charge in [0.05, 0.1) is 39.5 Å². The lowest BCUT2D eigenvalue weighted by molar-refractivity contribution is 0.787. The second-order valence-electron chi connectivity index (χ2n) is 32.9. The number of para-hydroxylation sites is 5. The van der Waals surface area contributed by atoms with Crippen LogP contribution in [0.2, 0.25) is 0 Å². The highest BCUT2D eigenvalue weighted by Gasteiger charge is 2.27. The highest BCUT2D eigenvalue weighted by atomic mass is 32.1. The molecule has 1 atom stereocenters. The van der Waals surface area contributed by atoms with Crippen LogP contribution in [-0.2, 0) is 0 Å². The number of allylic oxidation sites excluding steroid dienone is 2. The average molecular weight is 1640 g/mol. The van der Waals surface area contributed by atoms with Crippen LogP contribution in [0.1, 0.15) is 12.0 Å². The fraction of sp³-hybridized carbons (Fsp3) is 0.0167. The van der Waals surface area contributed by atoms with Crippen molar-refractivity contribution in [3.8, 4) is 100 Å². The van der Waals surface area contributed by atoms with Crippen LogP contribution in [0.15, 0.2) is 467 Å². The van der Waals surface area contributed by atoms with Gasteiger partial charge < -0.3 is 18.9 Å². The summed E-state index contributed by atoms with van der Waals surface area (Å²) < 4.78 is 10.1. The van der Waals surface area contributed by atoms with Gasteiger partial charge in [0.15, 0.2) is 0 Å². The molecule has 0 saturated carbocycles. The summed E-state index contributed by atoms with van der Waals surface area (Å²) in [5.41, 5.74) is 33.5. The Balaban J connectivity index is 0.609. The summed E-state index contributed by atoms with van der Waals surface area (Å²) >= 11 is 3.75. The molecule has 592 valence electrons. The van der Waals surface area contributed by atoms with Gasteiger partial charge in [-0.25, -0.2) is 0 Å². The minimum atomic E-state index is -0.0151.